The molecule has 0 bridgehead atoms. The molecule has 0 aromatic carbocycles. The Kier molecular flexibility index (Phi) is 6.70. The van der Waals surface area contributed by atoms with Crippen LogP contribution in [0.2, 0.25) is 0 Å². The van der Waals surface area contributed by atoms with Gasteiger partial charge in [-0.05, 0) is 0 Å². The second-order valence-corrected chi connectivity index (χ2v) is 3.72. The molecule has 12 heavy (non-hydrogen) atoms. The third-order valence-corrected chi connectivity index (χ3v) is 2.78. The van der Waals surface area contributed by atoms with E-state index in [9.17, 15) is 10.2 Å². The summed E-state index contributed by atoms with van der Waals surface area (Å²) in [6.07, 6.45) is -4.82. The lowest BCUT2D eigenvalue weighted by Crippen LogP contribution is -2.45. The first-order valence-corrected chi connectivity index (χ1v) is 5.63. The quantitative estimate of drug-likeness (QED) is 0.502. The van der Waals surface area contributed by atoms with Gasteiger partial charge in [0.15, 0.2) is 0 Å². The average molecular weight is 308 g/mol. The Bertz CT molecular complexity index is 110. The van der Waals surface area contributed by atoms with E-state index >= 15 is 0 Å². The largest absolute Gasteiger partial charge is 0.389 e. The summed E-state index contributed by atoms with van der Waals surface area (Å²) in [6, 6.07) is 0. The Hall–Kier alpha value is 0.800. The number of aliphatic hydroxyl groups is 4. The fourth-order valence-electron chi connectivity index (χ4n) is 0.638. The van der Waals surface area contributed by atoms with Gasteiger partial charge in [0.1, 0.15) is 12.2 Å². The molecule has 0 fully saturated rings. The minimum Gasteiger partial charge on any atom is -0.389 e. The number of aliphatic hydroxyl groups excluding tert-OH is 4. The van der Waals surface area contributed by atoms with E-state index in [0.29, 0.717) is 0 Å². The summed E-state index contributed by atoms with van der Waals surface area (Å²) in [7, 11) is 0. The number of alkyl halides is 2. The van der Waals surface area contributed by atoms with Crippen LogP contribution in [0.4, 0.5) is 0 Å². The molecule has 0 spiro atoms. The highest BCUT2D eigenvalue weighted by atomic mass is 79.9. The van der Waals surface area contributed by atoms with Gasteiger partial charge in [0, 0.05) is 10.7 Å². The second kappa shape index (κ2) is 6.28. The van der Waals surface area contributed by atoms with Gasteiger partial charge in [-0.3, -0.25) is 0 Å². The Morgan fingerprint density at radius 1 is 0.750 bits per heavy atom. The SMILES string of the molecule is O[C@H]([C@H](O)[C@@H](O)CBr)[C@@H](O)CBr. The van der Waals surface area contributed by atoms with E-state index in [2.05, 4.69) is 31.9 Å². The molecule has 0 amide bonds. The lowest BCUT2D eigenvalue weighted by atomic mass is 10.1. The maximum absolute atomic E-state index is 9.18. The number of hydrogen-bond donors (Lipinski definition) is 4. The molecule has 0 rings (SSSR count). The van der Waals surface area contributed by atoms with Crippen molar-refractivity contribution in [2.45, 2.75) is 24.4 Å². The van der Waals surface area contributed by atoms with Gasteiger partial charge in [-0.15, -0.1) is 0 Å². The summed E-state index contributed by atoms with van der Waals surface area (Å²) in [4.78, 5) is 0. The Morgan fingerprint density at radius 3 is 1.17 bits per heavy atom. The Balaban J connectivity index is 3.99. The van der Waals surface area contributed by atoms with E-state index in [1.54, 1.807) is 0 Å². The lowest BCUT2D eigenvalue weighted by molar-refractivity contribution is -0.0916. The highest BCUT2D eigenvalue weighted by Crippen LogP contribution is 2.08. The first kappa shape index (κ1) is 12.8. The third-order valence-electron chi connectivity index (χ3n) is 1.45. The van der Waals surface area contributed by atoms with Crippen molar-refractivity contribution in [3.05, 3.63) is 0 Å². The summed E-state index contributed by atoms with van der Waals surface area (Å²) in [5, 5.41) is 36.8. The summed E-state index contributed by atoms with van der Waals surface area (Å²) in [6.45, 7) is 0. The van der Waals surface area contributed by atoms with Gasteiger partial charge in [0.2, 0.25) is 0 Å². The van der Waals surface area contributed by atoms with Crippen LogP contribution < -0.4 is 0 Å². The van der Waals surface area contributed by atoms with Crippen LogP contribution in [0.25, 0.3) is 0 Å². The molecule has 6 heteroatoms. The van der Waals surface area contributed by atoms with Gasteiger partial charge < -0.3 is 20.4 Å². The average Bonchev–Trinajstić information content (AvgIpc) is 2.12. The van der Waals surface area contributed by atoms with Crippen molar-refractivity contribution < 1.29 is 20.4 Å². The topological polar surface area (TPSA) is 80.9 Å². The summed E-state index contributed by atoms with van der Waals surface area (Å²) < 4.78 is 0. The van der Waals surface area contributed by atoms with Gasteiger partial charge in [-0.25, -0.2) is 0 Å². The molecule has 0 aliphatic heterocycles. The van der Waals surface area contributed by atoms with Crippen molar-refractivity contribution in [3.8, 4) is 0 Å². The van der Waals surface area contributed by atoms with Crippen molar-refractivity contribution in [1.82, 2.24) is 0 Å². The van der Waals surface area contributed by atoms with Crippen LogP contribution in [0.5, 0.6) is 0 Å². The monoisotopic (exact) mass is 306 g/mol. The molecule has 0 aromatic rings. The number of halogens is 2. The zero-order valence-electron chi connectivity index (χ0n) is 6.27. The standard InChI is InChI=1S/C6H12Br2O4/c7-1-3(9)5(11)6(12)4(10)2-8/h3-6,9-12H,1-2H2/t3-,4-,5-,6+/m0/s1. The predicted molar refractivity (Wildman–Crippen MR) is 51.6 cm³/mol. The number of hydrogen-bond acceptors (Lipinski definition) is 4. The van der Waals surface area contributed by atoms with E-state index in [0.717, 1.165) is 0 Å². The van der Waals surface area contributed by atoms with Crippen LogP contribution in [0, 0.1) is 0 Å². The van der Waals surface area contributed by atoms with Crippen LogP contribution in [-0.2, 0) is 0 Å². The summed E-state index contributed by atoms with van der Waals surface area (Å²) in [5.74, 6) is 0. The van der Waals surface area contributed by atoms with Crippen molar-refractivity contribution in [1.29, 1.82) is 0 Å². The fraction of sp³-hybridized carbons (Fsp3) is 1.00. The predicted octanol–water partition coefficient (Wildman–Crippen LogP) is -0.780. The van der Waals surface area contributed by atoms with Crippen molar-refractivity contribution in [2.24, 2.45) is 0 Å². The van der Waals surface area contributed by atoms with Crippen LogP contribution in [0.3, 0.4) is 0 Å². The smallest absolute Gasteiger partial charge is 0.109 e. The molecule has 0 heterocycles. The molecule has 0 radical (unpaired) electrons. The van der Waals surface area contributed by atoms with E-state index in [1.165, 1.54) is 0 Å². The molecule has 0 unspecified atom stereocenters. The maximum Gasteiger partial charge on any atom is 0.109 e. The van der Waals surface area contributed by atoms with Gasteiger partial charge in [-0.1, -0.05) is 31.9 Å². The molecule has 0 aliphatic rings. The normalized spacial score (nSPS) is 21.5. The van der Waals surface area contributed by atoms with Crippen LogP contribution in [0.15, 0.2) is 0 Å². The molecular formula is C6H12Br2O4. The summed E-state index contributed by atoms with van der Waals surface area (Å²) >= 11 is 5.88. The molecule has 0 aromatic heterocycles. The molecule has 0 saturated heterocycles. The van der Waals surface area contributed by atoms with E-state index in [-0.39, 0.29) is 10.7 Å². The molecule has 4 atom stereocenters. The van der Waals surface area contributed by atoms with Crippen molar-refractivity contribution in [2.75, 3.05) is 10.7 Å². The fourth-order valence-corrected chi connectivity index (χ4v) is 1.40. The lowest BCUT2D eigenvalue weighted by Gasteiger charge is -2.24. The highest BCUT2D eigenvalue weighted by molar-refractivity contribution is 9.09. The third kappa shape index (κ3) is 3.68. The van der Waals surface area contributed by atoms with E-state index in [4.69, 9.17) is 10.2 Å². The van der Waals surface area contributed by atoms with Crippen LogP contribution in [0.1, 0.15) is 0 Å². The molecule has 0 aliphatic carbocycles. The Morgan fingerprint density at radius 2 is 1.00 bits per heavy atom. The van der Waals surface area contributed by atoms with Gasteiger partial charge in [-0.2, -0.15) is 0 Å². The molecule has 4 nitrogen and oxygen atoms in total. The first-order valence-electron chi connectivity index (χ1n) is 3.38. The van der Waals surface area contributed by atoms with Crippen molar-refractivity contribution >= 4 is 31.9 Å². The maximum atomic E-state index is 9.18. The summed E-state index contributed by atoms with van der Waals surface area (Å²) in [5.41, 5.74) is 0. The molecule has 0 saturated carbocycles. The second-order valence-electron chi connectivity index (χ2n) is 2.42. The zero-order valence-corrected chi connectivity index (χ0v) is 9.44. The van der Waals surface area contributed by atoms with Crippen LogP contribution in [-0.4, -0.2) is 55.5 Å². The minimum atomic E-state index is -1.34. The van der Waals surface area contributed by atoms with Gasteiger partial charge in [0.05, 0.1) is 12.2 Å². The van der Waals surface area contributed by atoms with Gasteiger partial charge in [0.25, 0.3) is 0 Å². The first-order chi connectivity index (χ1) is 5.54. The van der Waals surface area contributed by atoms with E-state index < -0.39 is 24.4 Å². The van der Waals surface area contributed by atoms with E-state index in [1.807, 2.05) is 0 Å². The molecule has 4 N–H and O–H groups in total. The van der Waals surface area contributed by atoms with Gasteiger partial charge >= 0.3 is 0 Å². The van der Waals surface area contributed by atoms with Crippen molar-refractivity contribution in [3.63, 3.8) is 0 Å². The highest BCUT2D eigenvalue weighted by Gasteiger charge is 2.28. The van der Waals surface area contributed by atoms with Crippen LogP contribution >= 0.6 is 31.9 Å². The Labute approximate surface area is 87.5 Å². The minimum absolute atomic E-state index is 0.153. The zero-order chi connectivity index (χ0) is 9.72. The number of rotatable bonds is 5. The molecule has 74 valence electrons. The molecular weight excluding hydrogens is 296 g/mol.